The maximum atomic E-state index is 12.4. The smallest absolute Gasteiger partial charge is 0.257 e. The van der Waals surface area contributed by atoms with Crippen LogP contribution in [0.5, 0.6) is 0 Å². The van der Waals surface area contributed by atoms with Gasteiger partial charge in [0.2, 0.25) is 0 Å². The van der Waals surface area contributed by atoms with E-state index < -0.39 is 0 Å². The predicted octanol–water partition coefficient (Wildman–Crippen LogP) is 3.68. The van der Waals surface area contributed by atoms with Crippen LogP contribution in [0.3, 0.4) is 0 Å². The van der Waals surface area contributed by atoms with E-state index in [0.717, 1.165) is 12.2 Å². The fourth-order valence-electron chi connectivity index (χ4n) is 3.68. The predicted molar refractivity (Wildman–Crippen MR) is 124 cm³/mol. The molecular formula is C24H32N3OS+. The molecule has 154 valence electrons. The van der Waals surface area contributed by atoms with Crippen molar-refractivity contribution in [2.75, 3.05) is 18.4 Å². The molecule has 0 radical (unpaired) electrons. The third-order valence-electron chi connectivity index (χ3n) is 5.47. The molecule has 0 bridgehead atoms. The molecule has 29 heavy (non-hydrogen) atoms. The second-order valence-corrected chi connectivity index (χ2v) is 9.33. The Labute approximate surface area is 179 Å². The van der Waals surface area contributed by atoms with Gasteiger partial charge >= 0.3 is 0 Å². The second kappa shape index (κ2) is 9.51. The standard InChI is InChI=1S/C24H31N3OS/c1-24(2,3)20-11-9-19(10-12-20)22(28)26-23(29)25-21-13-7-18(8-14-21)17-27-15-5-4-6-16-27/h7-14H,4-6,15-17H2,1-3H3,(H2,25,26,28,29)/p+1. The zero-order valence-corrected chi connectivity index (χ0v) is 18.5. The van der Waals surface area contributed by atoms with E-state index in [2.05, 4.69) is 43.5 Å². The Morgan fingerprint density at radius 2 is 1.59 bits per heavy atom. The van der Waals surface area contributed by atoms with Gasteiger partial charge in [0, 0.05) is 16.8 Å². The Morgan fingerprint density at radius 1 is 0.966 bits per heavy atom. The number of carbonyl (C=O) groups is 1. The summed E-state index contributed by atoms with van der Waals surface area (Å²) >= 11 is 5.31. The lowest BCUT2D eigenvalue weighted by atomic mass is 9.87. The number of likely N-dealkylation sites (tertiary alicyclic amines) is 1. The largest absolute Gasteiger partial charge is 0.332 e. The maximum Gasteiger partial charge on any atom is 0.257 e. The van der Waals surface area contributed by atoms with Crippen LogP contribution in [0.25, 0.3) is 0 Å². The van der Waals surface area contributed by atoms with Crippen LogP contribution in [-0.4, -0.2) is 24.1 Å². The Kier molecular flexibility index (Phi) is 7.04. The Hall–Kier alpha value is -2.24. The van der Waals surface area contributed by atoms with Crippen LogP contribution in [-0.2, 0) is 12.0 Å². The van der Waals surface area contributed by atoms with Crippen molar-refractivity contribution in [1.29, 1.82) is 0 Å². The molecule has 0 saturated carbocycles. The van der Waals surface area contributed by atoms with E-state index in [9.17, 15) is 4.79 Å². The highest BCUT2D eigenvalue weighted by Crippen LogP contribution is 2.22. The molecule has 0 aromatic heterocycles. The van der Waals surface area contributed by atoms with Crippen LogP contribution < -0.4 is 15.5 Å². The van der Waals surface area contributed by atoms with E-state index in [1.54, 1.807) is 4.90 Å². The first kappa shape index (κ1) is 21.5. The van der Waals surface area contributed by atoms with Gasteiger partial charge in [-0.1, -0.05) is 45.0 Å². The Morgan fingerprint density at radius 3 is 2.17 bits per heavy atom. The summed E-state index contributed by atoms with van der Waals surface area (Å²) < 4.78 is 0. The first-order valence-electron chi connectivity index (χ1n) is 10.5. The van der Waals surface area contributed by atoms with Crippen molar-refractivity contribution in [3.8, 4) is 0 Å². The van der Waals surface area contributed by atoms with Gasteiger partial charge in [0.15, 0.2) is 5.11 Å². The molecule has 2 aromatic rings. The van der Waals surface area contributed by atoms with Crippen molar-refractivity contribution in [2.24, 2.45) is 0 Å². The molecule has 1 fully saturated rings. The summed E-state index contributed by atoms with van der Waals surface area (Å²) in [6.45, 7) is 10.1. The number of piperidine rings is 1. The molecule has 1 amide bonds. The highest BCUT2D eigenvalue weighted by Gasteiger charge is 2.15. The summed E-state index contributed by atoms with van der Waals surface area (Å²) in [5, 5.41) is 6.17. The molecule has 5 heteroatoms. The van der Waals surface area contributed by atoms with Crippen molar-refractivity contribution < 1.29 is 9.69 Å². The molecule has 0 spiro atoms. The SMILES string of the molecule is CC(C)(C)c1ccc(C(=O)NC(=S)Nc2ccc(C[NH+]3CCCCC3)cc2)cc1. The van der Waals surface area contributed by atoms with Crippen molar-refractivity contribution >= 4 is 28.9 Å². The van der Waals surface area contributed by atoms with Crippen LogP contribution in [0, 0.1) is 0 Å². The number of hydrogen-bond acceptors (Lipinski definition) is 2. The van der Waals surface area contributed by atoms with E-state index in [4.69, 9.17) is 12.2 Å². The maximum absolute atomic E-state index is 12.4. The second-order valence-electron chi connectivity index (χ2n) is 8.92. The number of carbonyl (C=O) groups excluding carboxylic acids is 1. The minimum Gasteiger partial charge on any atom is -0.332 e. The number of quaternary nitrogens is 1. The number of amides is 1. The third-order valence-corrected chi connectivity index (χ3v) is 5.67. The Bertz CT molecular complexity index is 832. The molecule has 4 nitrogen and oxygen atoms in total. The zero-order valence-electron chi connectivity index (χ0n) is 17.7. The van der Waals surface area contributed by atoms with Gasteiger partial charge in [0.25, 0.3) is 5.91 Å². The van der Waals surface area contributed by atoms with Gasteiger partial charge in [-0.05, 0) is 66.7 Å². The van der Waals surface area contributed by atoms with E-state index in [-0.39, 0.29) is 11.3 Å². The highest BCUT2D eigenvalue weighted by molar-refractivity contribution is 7.80. The average Bonchev–Trinajstić information content (AvgIpc) is 2.69. The van der Waals surface area contributed by atoms with E-state index in [1.165, 1.54) is 43.5 Å². The van der Waals surface area contributed by atoms with Crippen LogP contribution in [0.4, 0.5) is 5.69 Å². The first-order valence-corrected chi connectivity index (χ1v) is 10.9. The molecule has 1 heterocycles. The zero-order chi connectivity index (χ0) is 20.9. The molecule has 1 aliphatic heterocycles. The minimum absolute atomic E-state index is 0.0630. The average molecular weight is 411 g/mol. The minimum atomic E-state index is -0.201. The molecule has 2 aromatic carbocycles. The van der Waals surface area contributed by atoms with E-state index >= 15 is 0 Å². The van der Waals surface area contributed by atoms with Crippen LogP contribution in [0.2, 0.25) is 0 Å². The fraction of sp³-hybridized carbons (Fsp3) is 0.417. The number of benzene rings is 2. The summed E-state index contributed by atoms with van der Waals surface area (Å²) in [5.74, 6) is -0.201. The van der Waals surface area contributed by atoms with Gasteiger partial charge in [0.05, 0.1) is 13.1 Å². The van der Waals surface area contributed by atoms with Crippen molar-refractivity contribution in [3.05, 3.63) is 65.2 Å². The van der Waals surface area contributed by atoms with Crippen molar-refractivity contribution in [1.82, 2.24) is 5.32 Å². The summed E-state index contributed by atoms with van der Waals surface area (Å²) in [7, 11) is 0. The van der Waals surface area contributed by atoms with Gasteiger partial charge in [0.1, 0.15) is 6.54 Å². The molecule has 3 N–H and O–H groups in total. The molecule has 0 unspecified atom stereocenters. The number of rotatable bonds is 4. The monoisotopic (exact) mass is 410 g/mol. The molecular weight excluding hydrogens is 378 g/mol. The van der Waals surface area contributed by atoms with Crippen molar-refractivity contribution in [3.63, 3.8) is 0 Å². The summed E-state index contributed by atoms with van der Waals surface area (Å²) in [6.07, 6.45) is 4.04. The lowest BCUT2D eigenvalue weighted by Gasteiger charge is -2.23. The van der Waals surface area contributed by atoms with E-state index in [0.29, 0.717) is 10.7 Å². The molecule has 0 atom stereocenters. The van der Waals surface area contributed by atoms with Crippen LogP contribution in [0.1, 0.15) is 61.5 Å². The molecule has 1 aliphatic rings. The Balaban J connectivity index is 1.51. The number of hydrogen-bond donors (Lipinski definition) is 3. The summed E-state index contributed by atoms with van der Waals surface area (Å²) in [5.41, 5.74) is 4.08. The lowest BCUT2D eigenvalue weighted by Crippen LogP contribution is -3.11. The van der Waals surface area contributed by atoms with Gasteiger partial charge in [-0.2, -0.15) is 0 Å². The summed E-state index contributed by atoms with van der Waals surface area (Å²) in [6, 6.07) is 16.0. The van der Waals surface area contributed by atoms with Gasteiger partial charge in [-0.3, -0.25) is 10.1 Å². The summed E-state index contributed by atoms with van der Waals surface area (Å²) in [4.78, 5) is 14.1. The quantitative estimate of drug-likeness (QED) is 0.674. The molecule has 1 saturated heterocycles. The fourth-order valence-corrected chi connectivity index (χ4v) is 3.89. The topological polar surface area (TPSA) is 45.6 Å². The van der Waals surface area contributed by atoms with Crippen molar-refractivity contribution in [2.45, 2.75) is 52.0 Å². The highest BCUT2D eigenvalue weighted by atomic mass is 32.1. The number of thiocarbonyl (C=S) groups is 1. The van der Waals surface area contributed by atoms with Crippen LogP contribution >= 0.6 is 12.2 Å². The molecule has 0 aliphatic carbocycles. The number of nitrogens with one attached hydrogen (secondary N) is 3. The van der Waals surface area contributed by atoms with Gasteiger partial charge in [-0.25, -0.2) is 0 Å². The number of anilines is 1. The lowest BCUT2D eigenvalue weighted by molar-refractivity contribution is -0.918. The first-order chi connectivity index (χ1) is 13.8. The van der Waals surface area contributed by atoms with Gasteiger partial charge in [-0.15, -0.1) is 0 Å². The third kappa shape index (κ3) is 6.38. The van der Waals surface area contributed by atoms with Crippen LogP contribution in [0.15, 0.2) is 48.5 Å². The van der Waals surface area contributed by atoms with Gasteiger partial charge < -0.3 is 10.2 Å². The van der Waals surface area contributed by atoms with E-state index in [1.807, 2.05) is 36.4 Å². The molecule has 3 rings (SSSR count). The normalized spacial score (nSPS) is 15.0.